The maximum absolute atomic E-state index is 14.7. The van der Waals surface area contributed by atoms with Crippen molar-refractivity contribution >= 4 is 100 Å². The summed E-state index contributed by atoms with van der Waals surface area (Å²) in [6.45, 7) is 16.0. The molecular formula is C86H119Cl2N9O24. The summed E-state index contributed by atoms with van der Waals surface area (Å²) in [6, 6.07) is 4.03. The molecule has 2 saturated carbocycles. The third-order valence-electron chi connectivity index (χ3n) is 24.7. The van der Waals surface area contributed by atoms with E-state index in [1.165, 1.54) is 90.1 Å². The number of benzene rings is 2. The van der Waals surface area contributed by atoms with Gasteiger partial charge in [0.2, 0.25) is 35.4 Å². The third kappa shape index (κ3) is 20.7. The van der Waals surface area contributed by atoms with E-state index in [0.29, 0.717) is 74.2 Å². The lowest BCUT2D eigenvalue weighted by Crippen LogP contribution is -2.72. The minimum absolute atomic E-state index is 0.00848. The number of hydrogen-bond acceptors (Lipinski definition) is 24. The molecule has 4 saturated heterocycles. The second-order valence-corrected chi connectivity index (χ2v) is 34.8. The number of amides is 9. The van der Waals surface area contributed by atoms with Crippen LogP contribution < -0.4 is 45.9 Å². The summed E-state index contributed by atoms with van der Waals surface area (Å²) in [5, 5.41) is 39.7. The lowest BCUT2D eigenvalue weighted by molar-refractivity contribution is -0.212. The van der Waals surface area contributed by atoms with Crippen LogP contribution in [0, 0.1) is 23.7 Å². The fourth-order valence-electron chi connectivity index (χ4n) is 17.8. The average molecular weight is 1730 g/mol. The summed E-state index contributed by atoms with van der Waals surface area (Å²) in [5.41, 5.74) is -4.61. The summed E-state index contributed by atoms with van der Waals surface area (Å²) < 4.78 is 65.9. The number of nitrogens with zero attached hydrogens (tertiary/aromatic N) is 4. The third-order valence-corrected chi connectivity index (χ3v) is 25.4. The van der Waals surface area contributed by atoms with Gasteiger partial charge in [0.1, 0.15) is 87.1 Å². The number of alkyl carbamates (subject to hydrolysis) is 3. The van der Waals surface area contributed by atoms with Crippen LogP contribution in [-0.4, -0.2) is 251 Å². The van der Waals surface area contributed by atoms with Gasteiger partial charge in [0.05, 0.1) is 62.5 Å². The maximum atomic E-state index is 14.7. The standard InChI is InChI=1S/C86H119Cl2N9O24/c1-46-26-24-28-59(113-16)85(109)73-71(117-80(107)92-85)48(3)75-83(73,119-75)61(44-67(102)96(12)55-40-52(38-46)42-57(111-14)69(55)87)115-77(104)50(5)94(10)65(100)30-20-18-22-36-89-63(98)34-32-54(91-79(106)121-82(7,8)9)33-35-64(99)90-37-23-19-21-31-66(101)95(11)51(6)78(105)116-62-45-68(103)97(13)56-41-53(43-58(112-15)70(56)88)39-47(2)27-25-29-60(114-17)86(110)74-72(118-81(108)93-86)49(4)76-84(62,74)120-76/h24-29,40-43,48-51,54,59-62,71-76,109-110H,18-23,30-39,44-45H2,1-17H3,(H,89,98)(H,90,99)(H,91,106)(H,92,107)(H,93,108)/b28-24+,29-25+,46-26+,47-27+/t48-,49-,50+,51+,54?,59-,60-,61+,62+,71?,72?,73?,74?,75?,76?,83-,84-,85-,86-/m1/s1. The van der Waals surface area contributed by atoms with Gasteiger partial charge in [-0.15, -0.1) is 0 Å². The first-order valence-electron chi connectivity index (χ1n) is 41.4. The number of likely N-dealkylation sites (N-methyl/N-ethyl adjacent to an activating group) is 2. The highest BCUT2D eigenvalue weighted by Crippen LogP contribution is 2.66. The topological polar surface area (TPSA) is 409 Å². The number of carbonyl (C=O) groups excluding carboxylic acids is 11. The van der Waals surface area contributed by atoms with Gasteiger partial charge in [0.15, 0.2) is 11.4 Å². The molecule has 8 aliphatic rings. The highest BCUT2D eigenvalue weighted by Gasteiger charge is 2.85. The summed E-state index contributed by atoms with van der Waals surface area (Å²) >= 11 is 13.7. The molecule has 7 N–H and O–H groups in total. The van der Waals surface area contributed by atoms with Crippen molar-refractivity contribution in [3.8, 4) is 11.5 Å². The number of methoxy groups -OCH3 is 4. The number of ether oxygens (including phenoxy) is 11. The zero-order chi connectivity index (χ0) is 88.7. The number of esters is 2. The fourth-order valence-corrected chi connectivity index (χ4v) is 18.4. The number of nitrogens with one attached hydrogen (secondary N) is 5. The molecule has 4 bridgehead atoms. The van der Waals surface area contributed by atoms with Crippen LogP contribution in [0.25, 0.3) is 0 Å². The van der Waals surface area contributed by atoms with Crippen LogP contribution in [0.3, 0.4) is 0 Å². The van der Waals surface area contributed by atoms with Crippen LogP contribution in [0.4, 0.5) is 25.8 Å². The van der Waals surface area contributed by atoms with Crippen LogP contribution in [0.5, 0.6) is 11.5 Å². The van der Waals surface area contributed by atoms with Crippen LogP contribution in [-0.2, 0) is 93.8 Å². The summed E-state index contributed by atoms with van der Waals surface area (Å²) in [5.74, 6) is -7.10. The molecule has 2 aliphatic carbocycles. The van der Waals surface area contributed by atoms with E-state index in [9.17, 15) is 63.0 Å². The Morgan fingerprint density at radius 2 is 0.992 bits per heavy atom. The summed E-state index contributed by atoms with van der Waals surface area (Å²) in [4.78, 5) is 157. The molecular weight excluding hydrogens is 1610 g/mol. The second-order valence-electron chi connectivity index (χ2n) is 34.1. The number of halogens is 2. The first kappa shape index (κ1) is 94.2. The van der Waals surface area contributed by atoms with Gasteiger partial charge in [0, 0.05) is 99.1 Å². The van der Waals surface area contributed by atoms with Crippen molar-refractivity contribution in [1.82, 2.24) is 36.4 Å². The molecule has 9 amide bonds. The number of hydrogen-bond donors (Lipinski definition) is 7. The monoisotopic (exact) mass is 1730 g/mol. The predicted octanol–water partition coefficient (Wildman–Crippen LogP) is 8.29. The van der Waals surface area contributed by atoms with Gasteiger partial charge >= 0.3 is 30.2 Å². The number of carbonyl (C=O) groups is 11. The Bertz CT molecular complexity index is 4110. The molecule has 33 nitrogen and oxygen atoms in total. The molecule has 0 aromatic heterocycles. The molecule has 121 heavy (non-hydrogen) atoms. The van der Waals surface area contributed by atoms with Gasteiger partial charge in [-0.1, -0.05) is 97.5 Å². The molecule has 2 aromatic rings. The van der Waals surface area contributed by atoms with Gasteiger partial charge in [0.25, 0.3) is 0 Å². The molecule has 35 heteroatoms. The fraction of sp³-hybridized carbons (Fsp3) is 0.640. The largest absolute Gasteiger partial charge is 0.495 e. The lowest BCUT2D eigenvalue weighted by atomic mass is 9.75. The number of epoxide rings is 2. The van der Waals surface area contributed by atoms with E-state index >= 15 is 0 Å². The lowest BCUT2D eigenvalue weighted by Gasteiger charge is -2.48. The number of unbranched alkanes of at least 4 members (excludes halogenated alkanes) is 4. The molecule has 18 atom stereocenters. The number of anilines is 2. The minimum Gasteiger partial charge on any atom is -0.495 e. The van der Waals surface area contributed by atoms with Crippen LogP contribution in [0.1, 0.15) is 163 Å². The number of allylic oxidation sites excluding steroid dienone is 6. The Hall–Kier alpha value is -9.09. The Morgan fingerprint density at radius 3 is 1.36 bits per heavy atom. The van der Waals surface area contributed by atoms with Gasteiger partial charge in [-0.3, -0.25) is 39.4 Å². The van der Waals surface area contributed by atoms with E-state index in [-0.39, 0.29) is 73.5 Å². The van der Waals surface area contributed by atoms with Crippen molar-refractivity contribution < 1.29 is 115 Å². The Kier molecular flexibility index (Phi) is 30.5. The van der Waals surface area contributed by atoms with Crippen molar-refractivity contribution in [3.63, 3.8) is 0 Å². The van der Waals surface area contributed by atoms with E-state index < -0.39 is 186 Å². The molecule has 2 aromatic carbocycles. The molecule has 6 heterocycles. The van der Waals surface area contributed by atoms with Crippen LogP contribution in [0.2, 0.25) is 10.0 Å². The normalized spacial score (nSPS) is 30.7. The molecule has 6 aliphatic heterocycles. The molecule has 6 fully saturated rings. The van der Waals surface area contributed by atoms with E-state index in [2.05, 4.69) is 26.6 Å². The molecule has 10 rings (SSSR count). The van der Waals surface area contributed by atoms with E-state index in [1.54, 1.807) is 83.2 Å². The number of rotatable bonds is 29. The van der Waals surface area contributed by atoms with Crippen molar-refractivity contribution in [3.05, 3.63) is 93.0 Å². The zero-order valence-electron chi connectivity index (χ0n) is 72.1. The van der Waals surface area contributed by atoms with Crippen molar-refractivity contribution in [2.24, 2.45) is 23.7 Å². The van der Waals surface area contributed by atoms with Crippen molar-refractivity contribution in [2.45, 2.75) is 260 Å². The van der Waals surface area contributed by atoms with Crippen LogP contribution in [0.15, 0.2) is 71.9 Å². The maximum Gasteiger partial charge on any atom is 0.409 e. The highest BCUT2D eigenvalue weighted by molar-refractivity contribution is 6.36. The number of aliphatic hydroxyl groups is 2. The van der Waals surface area contributed by atoms with Crippen molar-refractivity contribution in [2.75, 3.05) is 79.5 Å². The first-order valence-corrected chi connectivity index (χ1v) is 42.1. The summed E-state index contributed by atoms with van der Waals surface area (Å²) in [6.07, 6.45) is 1.80. The second kappa shape index (κ2) is 39.2. The smallest absolute Gasteiger partial charge is 0.409 e. The van der Waals surface area contributed by atoms with Gasteiger partial charge in [-0.2, -0.15) is 0 Å². The van der Waals surface area contributed by atoms with E-state index in [4.69, 9.17) is 75.3 Å². The SMILES string of the molecule is COc1cc2cc(c1Cl)N(C)C(=O)C[C@H](OC(=O)[C@H](C)N(C)C(=O)CCCCCNC(=O)CCC(CCC(=O)NCCCCCC(=O)N(C)[C@@H](C)C(=O)O[C@H]1CC(=O)N(C)c3cc(cc(OC)c3Cl)C/C(C)=C/C=C/[C@@H](OC)[C@]3(O)NC(=O)OC4C3[C@]13OC3[C@@H]4C)NC(=O)OC(C)(C)C)[C@]13OC1[C@H](C)C1OC(=O)N[C@](O)(C13)[C@H](OC)/C=C/C=C(\C)C2. The molecule has 6 unspecified atom stereocenters. The Labute approximate surface area is 716 Å². The average Bonchev–Trinajstić information content (AvgIpc) is 1.50. The van der Waals surface area contributed by atoms with Crippen LogP contribution >= 0.6 is 23.2 Å². The summed E-state index contributed by atoms with van der Waals surface area (Å²) in [7, 11) is 11.6. The minimum atomic E-state index is -2.22. The molecule has 2 spiro atoms. The van der Waals surface area contributed by atoms with E-state index in [1.807, 2.05) is 26.0 Å². The first-order chi connectivity index (χ1) is 57.1. The molecule has 666 valence electrons. The van der Waals surface area contributed by atoms with E-state index in [0.717, 1.165) is 22.3 Å². The van der Waals surface area contributed by atoms with Gasteiger partial charge in [-0.05, 0) is 135 Å². The van der Waals surface area contributed by atoms with Gasteiger partial charge < -0.3 is 97.9 Å². The number of fused-ring (bicyclic) bond motifs is 4. The Balaban J connectivity index is 0.676. The Morgan fingerprint density at radius 1 is 0.603 bits per heavy atom. The molecule has 0 radical (unpaired) electrons. The van der Waals surface area contributed by atoms with Crippen molar-refractivity contribution in [1.29, 1.82) is 0 Å². The quantitative estimate of drug-likeness (QED) is 0.0174. The van der Waals surface area contributed by atoms with Gasteiger partial charge in [-0.25, -0.2) is 24.0 Å². The highest BCUT2D eigenvalue weighted by atomic mass is 35.5. The zero-order valence-corrected chi connectivity index (χ0v) is 73.6. The predicted molar refractivity (Wildman–Crippen MR) is 443 cm³/mol.